The summed E-state index contributed by atoms with van der Waals surface area (Å²) in [5.41, 5.74) is 1.41. The molecule has 0 bridgehead atoms. The number of nitrogens with zero attached hydrogens (tertiary/aromatic N) is 2. The second-order valence-electron chi connectivity index (χ2n) is 8.86. The lowest BCUT2D eigenvalue weighted by molar-refractivity contribution is -0.124. The van der Waals surface area contributed by atoms with Crippen molar-refractivity contribution in [2.75, 3.05) is 46.4 Å². The normalized spacial score (nSPS) is 20.9. The number of nitrogens with one attached hydrogen (secondary N) is 1. The van der Waals surface area contributed by atoms with Crippen LogP contribution in [0.2, 0.25) is 0 Å². The first-order valence-electron chi connectivity index (χ1n) is 10.9. The molecule has 1 saturated carbocycles. The molecular formula is C23H37N3O2. The quantitative estimate of drug-likeness (QED) is 0.780. The number of carbonyl (C=O) groups is 1. The predicted molar refractivity (Wildman–Crippen MR) is 114 cm³/mol. The fraction of sp³-hybridized carbons (Fsp3) is 0.696. The number of piperazine rings is 1. The summed E-state index contributed by atoms with van der Waals surface area (Å²) in [5.74, 6) is 1.23. The zero-order valence-electron chi connectivity index (χ0n) is 17.9. The maximum atomic E-state index is 12.4. The maximum absolute atomic E-state index is 12.4. The van der Waals surface area contributed by atoms with Gasteiger partial charge in [-0.3, -0.25) is 9.69 Å². The van der Waals surface area contributed by atoms with Crippen LogP contribution >= 0.6 is 0 Å². The minimum atomic E-state index is -0.0213. The molecule has 2 aliphatic rings. The van der Waals surface area contributed by atoms with Crippen LogP contribution in [0.1, 0.15) is 57.4 Å². The van der Waals surface area contributed by atoms with E-state index in [0.717, 1.165) is 38.5 Å². The number of amides is 1. The van der Waals surface area contributed by atoms with E-state index in [1.807, 2.05) is 12.1 Å². The Kier molecular flexibility index (Phi) is 7.36. The molecule has 156 valence electrons. The maximum Gasteiger partial charge on any atom is 0.258 e. The Hall–Kier alpha value is -1.59. The highest BCUT2D eigenvalue weighted by atomic mass is 16.5. The first-order valence-corrected chi connectivity index (χ1v) is 10.9. The molecule has 1 amide bonds. The van der Waals surface area contributed by atoms with Crippen LogP contribution in [-0.2, 0) is 4.79 Å². The van der Waals surface area contributed by atoms with Crippen molar-refractivity contribution in [1.29, 1.82) is 0 Å². The van der Waals surface area contributed by atoms with Gasteiger partial charge in [-0.1, -0.05) is 45.2 Å². The number of benzene rings is 1. The lowest BCUT2D eigenvalue weighted by atomic mass is 9.79. The van der Waals surface area contributed by atoms with Crippen LogP contribution < -0.4 is 10.1 Å². The summed E-state index contributed by atoms with van der Waals surface area (Å²) in [5, 5.41) is 3.18. The molecule has 0 atom stereocenters. The number of carbonyl (C=O) groups excluding carboxylic acids is 1. The van der Waals surface area contributed by atoms with Gasteiger partial charge in [0.05, 0.1) is 0 Å². The van der Waals surface area contributed by atoms with E-state index in [4.69, 9.17) is 4.74 Å². The number of ether oxygens (including phenoxy) is 1. The molecule has 1 aliphatic heterocycles. The Morgan fingerprint density at radius 1 is 1.07 bits per heavy atom. The van der Waals surface area contributed by atoms with Gasteiger partial charge in [0.15, 0.2) is 6.61 Å². The van der Waals surface area contributed by atoms with Crippen LogP contribution in [0, 0.1) is 0 Å². The molecule has 3 rings (SSSR count). The van der Waals surface area contributed by atoms with Gasteiger partial charge in [-0.25, -0.2) is 0 Å². The van der Waals surface area contributed by atoms with Crippen LogP contribution in [0.25, 0.3) is 0 Å². The Morgan fingerprint density at radius 2 is 1.71 bits per heavy atom. The molecule has 0 unspecified atom stereocenters. The molecule has 1 aliphatic carbocycles. The average molecular weight is 388 g/mol. The fourth-order valence-corrected chi connectivity index (χ4v) is 4.51. The number of likely N-dealkylation sites (N-methyl/N-ethyl adjacent to an activating group) is 1. The molecule has 2 fully saturated rings. The fourth-order valence-electron chi connectivity index (χ4n) is 4.51. The lowest BCUT2D eigenvalue weighted by Crippen LogP contribution is -2.61. The molecule has 0 radical (unpaired) electrons. The molecular weight excluding hydrogens is 350 g/mol. The van der Waals surface area contributed by atoms with Crippen molar-refractivity contribution in [1.82, 2.24) is 15.1 Å². The van der Waals surface area contributed by atoms with E-state index in [2.05, 4.69) is 48.1 Å². The van der Waals surface area contributed by atoms with Gasteiger partial charge in [0.25, 0.3) is 5.91 Å². The van der Waals surface area contributed by atoms with Crippen LogP contribution in [-0.4, -0.2) is 67.6 Å². The van der Waals surface area contributed by atoms with E-state index in [1.54, 1.807) is 0 Å². The van der Waals surface area contributed by atoms with Gasteiger partial charge >= 0.3 is 0 Å². The highest BCUT2D eigenvalue weighted by Crippen LogP contribution is 2.34. The summed E-state index contributed by atoms with van der Waals surface area (Å²) in [6, 6.07) is 8.05. The molecule has 28 heavy (non-hydrogen) atoms. The second-order valence-corrected chi connectivity index (χ2v) is 8.86. The molecule has 1 N–H and O–H groups in total. The first kappa shape index (κ1) is 21.1. The monoisotopic (exact) mass is 387 g/mol. The van der Waals surface area contributed by atoms with Crippen LogP contribution in [0.4, 0.5) is 0 Å². The van der Waals surface area contributed by atoms with E-state index in [9.17, 15) is 4.79 Å². The Labute approximate surface area is 170 Å². The van der Waals surface area contributed by atoms with Gasteiger partial charge in [0, 0.05) is 38.3 Å². The number of hydrogen-bond acceptors (Lipinski definition) is 4. The van der Waals surface area contributed by atoms with Crippen molar-refractivity contribution >= 4 is 5.91 Å². The average Bonchev–Trinajstić information content (AvgIpc) is 2.72. The summed E-state index contributed by atoms with van der Waals surface area (Å²) in [6.45, 7) is 9.60. The zero-order valence-corrected chi connectivity index (χ0v) is 17.9. The molecule has 1 aromatic carbocycles. The topological polar surface area (TPSA) is 44.8 Å². The van der Waals surface area contributed by atoms with Crippen molar-refractivity contribution in [3.63, 3.8) is 0 Å². The molecule has 5 heteroatoms. The van der Waals surface area contributed by atoms with Crippen molar-refractivity contribution in [2.24, 2.45) is 0 Å². The summed E-state index contributed by atoms with van der Waals surface area (Å²) in [6.07, 6.45) is 6.23. The molecule has 1 aromatic rings. The van der Waals surface area contributed by atoms with E-state index in [1.165, 1.54) is 37.7 Å². The third-order valence-corrected chi connectivity index (χ3v) is 6.49. The van der Waals surface area contributed by atoms with Gasteiger partial charge in [-0.15, -0.1) is 0 Å². The molecule has 0 spiro atoms. The third-order valence-electron chi connectivity index (χ3n) is 6.49. The number of hydrogen-bond donors (Lipinski definition) is 1. The van der Waals surface area contributed by atoms with Gasteiger partial charge < -0.3 is 15.0 Å². The Bertz CT molecular complexity index is 615. The molecule has 0 aromatic heterocycles. The molecule has 5 nitrogen and oxygen atoms in total. The van der Waals surface area contributed by atoms with E-state index in [0.29, 0.717) is 5.92 Å². The standard InChI is InChI=1S/C23H37N3O2/c1-19(2)20-7-9-21(10-8-20)28-17-22(27)24-18-23(11-5-4-6-12-23)26-15-13-25(3)14-16-26/h7-10,19H,4-6,11-18H2,1-3H3,(H,24,27). The summed E-state index contributed by atoms with van der Waals surface area (Å²) >= 11 is 0. The van der Waals surface area contributed by atoms with Crippen molar-refractivity contribution in [2.45, 2.75) is 57.4 Å². The van der Waals surface area contributed by atoms with Gasteiger partial charge in [0.1, 0.15) is 5.75 Å². The van der Waals surface area contributed by atoms with Gasteiger partial charge in [-0.05, 0) is 43.5 Å². The Balaban J connectivity index is 1.50. The highest BCUT2D eigenvalue weighted by Gasteiger charge is 2.39. The van der Waals surface area contributed by atoms with Crippen LogP contribution in [0.3, 0.4) is 0 Å². The zero-order chi connectivity index (χ0) is 20.0. The Morgan fingerprint density at radius 3 is 2.32 bits per heavy atom. The van der Waals surface area contributed by atoms with Gasteiger partial charge in [0.2, 0.25) is 0 Å². The SMILES string of the molecule is CC(C)c1ccc(OCC(=O)NCC2(N3CCN(C)CC3)CCCCC2)cc1. The first-order chi connectivity index (χ1) is 13.5. The smallest absolute Gasteiger partial charge is 0.258 e. The minimum Gasteiger partial charge on any atom is -0.484 e. The predicted octanol–water partition coefficient (Wildman–Crippen LogP) is 3.26. The molecule has 1 saturated heterocycles. The van der Waals surface area contributed by atoms with E-state index in [-0.39, 0.29) is 18.1 Å². The lowest BCUT2D eigenvalue weighted by Gasteiger charge is -2.49. The summed E-state index contributed by atoms with van der Waals surface area (Å²) in [7, 11) is 2.19. The van der Waals surface area contributed by atoms with Crippen LogP contribution in [0.5, 0.6) is 5.75 Å². The van der Waals surface area contributed by atoms with Crippen molar-refractivity contribution in [3.05, 3.63) is 29.8 Å². The minimum absolute atomic E-state index is 0.0213. The second kappa shape index (κ2) is 9.75. The summed E-state index contributed by atoms with van der Waals surface area (Å²) in [4.78, 5) is 17.5. The molecule has 1 heterocycles. The van der Waals surface area contributed by atoms with Crippen LogP contribution in [0.15, 0.2) is 24.3 Å². The van der Waals surface area contributed by atoms with Gasteiger partial charge in [-0.2, -0.15) is 0 Å². The summed E-state index contributed by atoms with van der Waals surface area (Å²) < 4.78 is 5.70. The van der Waals surface area contributed by atoms with E-state index >= 15 is 0 Å². The third kappa shape index (κ3) is 5.48. The van der Waals surface area contributed by atoms with Crippen molar-refractivity contribution in [3.8, 4) is 5.75 Å². The van der Waals surface area contributed by atoms with E-state index < -0.39 is 0 Å². The largest absolute Gasteiger partial charge is 0.484 e. The highest BCUT2D eigenvalue weighted by molar-refractivity contribution is 5.77. The van der Waals surface area contributed by atoms with Crippen molar-refractivity contribution < 1.29 is 9.53 Å². The number of rotatable bonds is 7.